The minimum Gasteiger partial charge on any atom is -0.459 e. The fraction of sp³-hybridized carbons (Fsp3) is 0.333. The Labute approximate surface area is 141 Å². The highest BCUT2D eigenvalue weighted by Gasteiger charge is 2.22. The van der Waals surface area contributed by atoms with E-state index in [-0.39, 0.29) is 24.1 Å². The van der Waals surface area contributed by atoms with Crippen molar-refractivity contribution in [2.24, 2.45) is 0 Å². The Morgan fingerprint density at radius 1 is 1.12 bits per heavy atom. The summed E-state index contributed by atoms with van der Waals surface area (Å²) in [5, 5.41) is 2.59. The average Bonchev–Trinajstić information content (AvgIpc) is 3.14. The van der Waals surface area contributed by atoms with E-state index in [1.807, 2.05) is 6.07 Å². The lowest BCUT2D eigenvalue weighted by atomic mass is 10.2. The van der Waals surface area contributed by atoms with Gasteiger partial charge in [-0.15, -0.1) is 0 Å². The van der Waals surface area contributed by atoms with Gasteiger partial charge in [0.25, 0.3) is 5.91 Å². The molecule has 0 saturated carbocycles. The maximum atomic E-state index is 12.2. The monoisotopic (exact) mass is 327 g/mol. The molecule has 0 unspecified atom stereocenters. The molecule has 126 valence electrons. The average molecular weight is 327 g/mol. The number of carbonyl (C=O) groups excluding carboxylic acids is 2. The smallest absolute Gasteiger partial charge is 0.287 e. The quantitative estimate of drug-likeness (QED) is 0.928. The Bertz CT molecular complexity index is 704. The number of hydrogen-bond donors (Lipinski definition) is 1. The van der Waals surface area contributed by atoms with Gasteiger partial charge < -0.3 is 19.5 Å². The molecular formula is C18H21N3O3. The number of nitrogens with one attached hydrogen (secondary N) is 1. The predicted molar refractivity (Wildman–Crippen MR) is 91.0 cm³/mol. The normalized spacial score (nSPS) is 14.5. The van der Waals surface area contributed by atoms with E-state index >= 15 is 0 Å². The van der Waals surface area contributed by atoms with Crippen LogP contribution in [0.3, 0.4) is 0 Å². The number of nitrogens with zero attached hydrogens (tertiary/aromatic N) is 2. The third-order valence-corrected chi connectivity index (χ3v) is 4.14. The van der Waals surface area contributed by atoms with Crippen LogP contribution in [0.4, 0.5) is 5.69 Å². The summed E-state index contributed by atoms with van der Waals surface area (Å²) in [4.78, 5) is 28.1. The maximum Gasteiger partial charge on any atom is 0.287 e. The van der Waals surface area contributed by atoms with Crippen molar-refractivity contribution in [2.75, 3.05) is 37.6 Å². The van der Waals surface area contributed by atoms with Gasteiger partial charge in [-0.05, 0) is 36.8 Å². The minimum atomic E-state index is -0.369. The molecule has 1 aliphatic heterocycles. The van der Waals surface area contributed by atoms with Crippen LogP contribution in [0.25, 0.3) is 0 Å². The molecule has 1 aromatic carbocycles. The third kappa shape index (κ3) is 3.76. The van der Waals surface area contributed by atoms with E-state index in [9.17, 15) is 9.59 Å². The van der Waals surface area contributed by atoms with Crippen LogP contribution in [-0.2, 0) is 4.79 Å². The molecule has 1 N–H and O–H groups in total. The number of amides is 2. The molecule has 1 fully saturated rings. The van der Waals surface area contributed by atoms with Gasteiger partial charge in [-0.25, -0.2) is 0 Å². The Morgan fingerprint density at radius 3 is 2.58 bits per heavy atom. The van der Waals surface area contributed by atoms with Crippen LogP contribution in [0.2, 0.25) is 0 Å². The number of rotatable bonds is 4. The summed E-state index contributed by atoms with van der Waals surface area (Å²) in [7, 11) is 0. The van der Waals surface area contributed by atoms with Gasteiger partial charge in [0.05, 0.1) is 12.8 Å². The lowest BCUT2D eigenvalue weighted by Crippen LogP contribution is -2.51. The van der Waals surface area contributed by atoms with Crippen molar-refractivity contribution in [1.82, 2.24) is 10.2 Å². The molecule has 6 nitrogen and oxygen atoms in total. The lowest BCUT2D eigenvalue weighted by molar-refractivity contribution is -0.130. The summed E-state index contributed by atoms with van der Waals surface area (Å²) >= 11 is 0. The molecule has 1 aliphatic rings. The van der Waals surface area contributed by atoms with E-state index in [0.29, 0.717) is 13.1 Å². The van der Waals surface area contributed by atoms with Crippen molar-refractivity contribution in [3.63, 3.8) is 0 Å². The molecular weight excluding hydrogens is 306 g/mol. The van der Waals surface area contributed by atoms with Crippen LogP contribution in [0.15, 0.2) is 47.1 Å². The van der Waals surface area contributed by atoms with Gasteiger partial charge in [-0.1, -0.05) is 12.1 Å². The van der Waals surface area contributed by atoms with Crippen LogP contribution in [-0.4, -0.2) is 49.4 Å². The number of furan rings is 1. The molecule has 24 heavy (non-hydrogen) atoms. The molecule has 6 heteroatoms. The zero-order valence-electron chi connectivity index (χ0n) is 13.7. The molecule has 2 amide bonds. The molecule has 0 bridgehead atoms. The predicted octanol–water partition coefficient (Wildman–Crippen LogP) is 1.67. The van der Waals surface area contributed by atoms with Crippen molar-refractivity contribution in [2.45, 2.75) is 6.92 Å². The first-order chi connectivity index (χ1) is 11.6. The van der Waals surface area contributed by atoms with E-state index in [1.54, 1.807) is 17.0 Å². The first-order valence-electron chi connectivity index (χ1n) is 8.04. The summed E-state index contributed by atoms with van der Waals surface area (Å²) in [5.74, 6) is -0.224. The van der Waals surface area contributed by atoms with Crippen LogP contribution in [0.1, 0.15) is 16.1 Å². The number of carbonyl (C=O) groups is 2. The molecule has 0 spiro atoms. The molecule has 0 aliphatic carbocycles. The SMILES string of the molecule is Cc1cccc(N2CCN(C(=O)CNC(=O)c3ccco3)CC2)c1. The van der Waals surface area contributed by atoms with Crippen molar-refractivity contribution in [3.8, 4) is 0 Å². The van der Waals surface area contributed by atoms with Gasteiger partial charge in [-0.2, -0.15) is 0 Å². The molecule has 0 atom stereocenters. The summed E-state index contributed by atoms with van der Waals surface area (Å²) in [5.41, 5.74) is 2.42. The fourth-order valence-corrected chi connectivity index (χ4v) is 2.80. The number of benzene rings is 1. The minimum absolute atomic E-state index is 0.00994. The standard InChI is InChI=1S/C18H21N3O3/c1-14-4-2-5-15(12-14)20-7-9-21(10-8-20)17(22)13-19-18(23)16-6-3-11-24-16/h2-6,11-12H,7-10,13H2,1H3,(H,19,23). The molecule has 1 aromatic heterocycles. The molecule has 0 radical (unpaired) electrons. The second-order valence-electron chi connectivity index (χ2n) is 5.87. The zero-order chi connectivity index (χ0) is 16.9. The number of hydrogen-bond acceptors (Lipinski definition) is 4. The third-order valence-electron chi connectivity index (χ3n) is 4.14. The summed E-state index contributed by atoms with van der Waals surface area (Å²) < 4.78 is 5.00. The van der Waals surface area contributed by atoms with Gasteiger partial charge in [0, 0.05) is 31.9 Å². The molecule has 1 saturated heterocycles. The molecule has 2 heterocycles. The Hall–Kier alpha value is -2.76. The van der Waals surface area contributed by atoms with Crippen LogP contribution in [0.5, 0.6) is 0 Å². The highest BCUT2D eigenvalue weighted by Crippen LogP contribution is 2.17. The van der Waals surface area contributed by atoms with Crippen molar-refractivity contribution < 1.29 is 14.0 Å². The largest absolute Gasteiger partial charge is 0.459 e. The number of piperazine rings is 1. The lowest BCUT2D eigenvalue weighted by Gasteiger charge is -2.36. The van der Waals surface area contributed by atoms with Gasteiger partial charge in [-0.3, -0.25) is 9.59 Å². The van der Waals surface area contributed by atoms with E-state index in [1.165, 1.54) is 17.5 Å². The van der Waals surface area contributed by atoms with E-state index in [4.69, 9.17) is 4.42 Å². The maximum absolute atomic E-state index is 12.2. The highest BCUT2D eigenvalue weighted by molar-refractivity contribution is 5.94. The summed E-state index contributed by atoms with van der Waals surface area (Å²) in [6.07, 6.45) is 1.43. The first kappa shape index (κ1) is 16.1. The Balaban J connectivity index is 1.47. The van der Waals surface area contributed by atoms with Crippen molar-refractivity contribution in [1.29, 1.82) is 0 Å². The Morgan fingerprint density at radius 2 is 1.92 bits per heavy atom. The molecule has 2 aromatic rings. The number of anilines is 1. The van der Waals surface area contributed by atoms with E-state index in [0.717, 1.165) is 13.1 Å². The van der Waals surface area contributed by atoms with E-state index < -0.39 is 0 Å². The van der Waals surface area contributed by atoms with Crippen LogP contribution >= 0.6 is 0 Å². The van der Waals surface area contributed by atoms with Crippen molar-refractivity contribution in [3.05, 3.63) is 54.0 Å². The van der Waals surface area contributed by atoms with Gasteiger partial charge >= 0.3 is 0 Å². The summed E-state index contributed by atoms with van der Waals surface area (Å²) in [6, 6.07) is 11.6. The van der Waals surface area contributed by atoms with Crippen molar-refractivity contribution >= 4 is 17.5 Å². The highest BCUT2D eigenvalue weighted by atomic mass is 16.3. The fourth-order valence-electron chi connectivity index (χ4n) is 2.80. The second kappa shape index (κ2) is 7.21. The first-order valence-corrected chi connectivity index (χ1v) is 8.04. The van der Waals surface area contributed by atoms with Gasteiger partial charge in [0.15, 0.2) is 5.76 Å². The van der Waals surface area contributed by atoms with Gasteiger partial charge in [0.1, 0.15) is 0 Å². The van der Waals surface area contributed by atoms with Crippen LogP contribution < -0.4 is 10.2 Å². The zero-order valence-corrected chi connectivity index (χ0v) is 13.7. The van der Waals surface area contributed by atoms with Gasteiger partial charge in [0.2, 0.25) is 5.91 Å². The van der Waals surface area contributed by atoms with E-state index in [2.05, 4.69) is 35.3 Å². The summed E-state index contributed by atoms with van der Waals surface area (Å²) in [6.45, 7) is 4.96. The second-order valence-corrected chi connectivity index (χ2v) is 5.87. The van der Waals surface area contributed by atoms with Crippen LogP contribution in [0, 0.1) is 6.92 Å². The number of aryl methyl sites for hydroxylation is 1. The topological polar surface area (TPSA) is 65.8 Å². The molecule has 3 rings (SSSR count). The Kier molecular flexibility index (Phi) is 4.84.